The van der Waals surface area contributed by atoms with E-state index in [2.05, 4.69) is 5.32 Å². The van der Waals surface area contributed by atoms with Gasteiger partial charge in [-0.2, -0.15) is 0 Å². The van der Waals surface area contributed by atoms with E-state index in [0.717, 1.165) is 6.07 Å². The molecule has 0 aliphatic carbocycles. The van der Waals surface area contributed by atoms with Crippen molar-refractivity contribution < 1.29 is 23.9 Å². The molecule has 1 aromatic carbocycles. The van der Waals surface area contributed by atoms with E-state index in [1.165, 1.54) is 20.3 Å². The van der Waals surface area contributed by atoms with Crippen LogP contribution in [0.2, 0.25) is 0 Å². The number of nitro groups is 1. The van der Waals surface area contributed by atoms with Crippen LogP contribution < -0.4 is 20.5 Å². The van der Waals surface area contributed by atoms with Crippen LogP contribution in [0.3, 0.4) is 0 Å². The first-order chi connectivity index (χ1) is 11.2. The Morgan fingerprint density at radius 1 is 1.29 bits per heavy atom. The lowest BCUT2D eigenvalue weighted by Crippen LogP contribution is -2.45. The second-order valence-corrected chi connectivity index (χ2v) is 5.79. The molecular weight excluding hydrogens is 318 g/mol. The Balaban J connectivity index is 3.14. The van der Waals surface area contributed by atoms with Crippen molar-refractivity contribution in [3.63, 3.8) is 0 Å². The first-order valence-electron chi connectivity index (χ1n) is 7.25. The molecule has 1 amide bonds. The van der Waals surface area contributed by atoms with Gasteiger partial charge in [-0.1, -0.05) is 0 Å². The van der Waals surface area contributed by atoms with Crippen molar-refractivity contribution in [2.45, 2.75) is 19.4 Å². The fourth-order valence-electron chi connectivity index (χ4n) is 1.79. The summed E-state index contributed by atoms with van der Waals surface area (Å²) in [6.45, 7) is 4.13. The van der Waals surface area contributed by atoms with E-state index in [0.29, 0.717) is 6.61 Å². The molecule has 134 valence electrons. The molecule has 0 aliphatic rings. The summed E-state index contributed by atoms with van der Waals surface area (Å²) in [5, 5.41) is 13.9. The Hall–Kier alpha value is -2.39. The zero-order chi connectivity index (χ0) is 18.3. The molecule has 0 fully saturated rings. The summed E-state index contributed by atoms with van der Waals surface area (Å²) < 4.78 is 15.4. The zero-order valence-electron chi connectivity index (χ0n) is 14.3. The second-order valence-electron chi connectivity index (χ2n) is 5.79. The van der Waals surface area contributed by atoms with Crippen LogP contribution in [0.1, 0.15) is 24.2 Å². The Morgan fingerprint density at radius 2 is 1.96 bits per heavy atom. The summed E-state index contributed by atoms with van der Waals surface area (Å²) in [6, 6.07) is 2.44. The molecule has 0 saturated heterocycles. The highest BCUT2D eigenvalue weighted by Crippen LogP contribution is 2.34. The number of benzene rings is 1. The molecule has 0 unspecified atom stereocenters. The van der Waals surface area contributed by atoms with Gasteiger partial charge in [0.1, 0.15) is 12.2 Å². The predicted octanol–water partition coefficient (Wildman–Crippen LogP) is 1.10. The summed E-state index contributed by atoms with van der Waals surface area (Å²) in [5.41, 5.74) is 4.66. The number of hydrogen-bond acceptors (Lipinski definition) is 7. The third-order valence-electron chi connectivity index (χ3n) is 2.97. The Morgan fingerprint density at radius 3 is 2.46 bits per heavy atom. The van der Waals surface area contributed by atoms with Gasteiger partial charge in [-0.05, 0) is 13.8 Å². The van der Waals surface area contributed by atoms with Crippen LogP contribution >= 0.6 is 0 Å². The van der Waals surface area contributed by atoms with E-state index in [9.17, 15) is 14.9 Å². The van der Waals surface area contributed by atoms with Crippen LogP contribution in [0, 0.1) is 10.1 Å². The Kier molecular flexibility index (Phi) is 6.93. The molecule has 0 aromatic heterocycles. The van der Waals surface area contributed by atoms with Crippen molar-refractivity contribution >= 4 is 11.6 Å². The van der Waals surface area contributed by atoms with Crippen molar-refractivity contribution in [2.24, 2.45) is 5.73 Å². The maximum Gasteiger partial charge on any atom is 0.286 e. The van der Waals surface area contributed by atoms with Crippen LogP contribution in [0.25, 0.3) is 0 Å². The molecule has 24 heavy (non-hydrogen) atoms. The van der Waals surface area contributed by atoms with E-state index in [1.807, 2.05) is 0 Å². The van der Waals surface area contributed by atoms with Crippen LogP contribution in [0.5, 0.6) is 11.5 Å². The first-order valence-corrected chi connectivity index (χ1v) is 7.25. The van der Waals surface area contributed by atoms with Gasteiger partial charge in [0.15, 0.2) is 11.5 Å². The highest BCUT2D eigenvalue weighted by atomic mass is 16.6. The molecule has 0 heterocycles. The largest absolute Gasteiger partial charge is 0.493 e. The van der Waals surface area contributed by atoms with Crippen LogP contribution in [-0.2, 0) is 4.74 Å². The van der Waals surface area contributed by atoms with Gasteiger partial charge in [-0.15, -0.1) is 0 Å². The van der Waals surface area contributed by atoms with Gasteiger partial charge in [0.25, 0.3) is 11.6 Å². The molecule has 1 rings (SSSR count). The van der Waals surface area contributed by atoms with Crippen LogP contribution in [0.15, 0.2) is 12.1 Å². The smallest absolute Gasteiger partial charge is 0.286 e. The van der Waals surface area contributed by atoms with Gasteiger partial charge in [-0.25, -0.2) is 0 Å². The second kappa shape index (κ2) is 8.46. The third kappa shape index (κ3) is 5.67. The number of amides is 1. The number of nitrogens with one attached hydrogen (secondary N) is 1. The summed E-state index contributed by atoms with van der Waals surface area (Å²) in [7, 11) is 2.89. The molecule has 0 bridgehead atoms. The van der Waals surface area contributed by atoms with E-state index in [1.54, 1.807) is 13.8 Å². The monoisotopic (exact) mass is 341 g/mol. The van der Waals surface area contributed by atoms with Crippen molar-refractivity contribution in [1.29, 1.82) is 0 Å². The fraction of sp³-hybridized carbons (Fsp3) is 0.533. The minimum Gasteiger partial charge on any atom is -0.493 e. The predicted molar refractivity (Wildman–Crippen MR) is 87.6 cm³/mol. The molecule has 0 atom stereocenters. The summed E-state index contributed by atoms with van der Waals surface area (Å²) >= 11 is 0. The van der Waals surface area contributed by atoms with Gasteiger partial charge in [0.2, 0.25) is 0 Å². The SMILES string of the molecule is COCCOc1cc([N+](=O)[O-])c(C(=O)NCC(C)(C)N)cc1OC. The maximum absolute atomic E-state index is 12.3. The van der Waals surface area contributed by atoms with E-state index < -0.39 is 16.4 Å². The number of rotatable bonds is 9. The van der Waals surface area contributed by atoms with Gasteiger partial charge in [-0.3, -0.25) is 14.9 Å². The van der Waals surface area contributed by atoms with Gasteiger partial charge >= 0.3 is 0 Å². The maximum atomic E-state index is 12.3. The molecule has 0 aliphatic heterocycles. The highest BCUT2D eigenvalue weighted by Gasteiger charge is 2.25. The normalized spacial score (nSPS) is 11.0. The van der Waals surface area contributed by atoms with E-state index in [4.69, 9.17) is 19.9 Å². The van der Waals surface area contributed by atoms with Crippen molar-refractivity contribution in [3.05, 3.63) is 27.8 Å². The van der Waals surface area contributed by atoms with Crippen LogP contribution in [0.4, 0.5) is 5.69 Å². The van der Waals surface area contributed by atoms with Crippen LogP contribution in [-0.4, -0.2) is 50.3 Å². The molecule has 0 spiro atoms. The first kappa shape index (κ1) is 19.7. The molecule has 1 aromatic rings. The lowest BCUT2D eigenvalue weighted by atomic mass is 10.1. The highest BCUT2D eigenvalue weighted by molar-refractivity contribution is 5.99. The lowest BCUT2D eigenvalue weighted by Gasteiger charge is -2.19. The average molecular weight is 341 g/mol. The number of carbonyl (C=O) groups excluding carboxylic acids is 1. The Labute approximate surface area is 140 Å². The third-order valence-corrected chi connectivity index (χ3v) is 2.97. The molecule has 3 N–H and O–H groups in total. The van der Waals surface area contributed by atoms with E-state index >= 15 is 0 Å². The fourth-order valence-corrected chi connectivity index (χ4v) is 1.79. The van der Waals surface area contributed by atoms with Gasteiger partial charge in [0, 0.05) is 25.3 Å². The quantitative estimate of drug-likeness (QED) is 0.391. The number of carbonyl (C=O) groups is 1. The Bertz CT molecular complexity index is 598. The lowest BCUT2D eigenvalue weighted by molar-refractivity contribution is -0.385. The van der Waals surface area contributed by atoms with Crippen molar-refractivity contribution in [1.82, 2.24) is 5.32 Å². The average Bonchev–Trinajstić information content (AvgIpc) is 2.51. The number of nitrogens with zero attached hydrogens (tertiary/aromatic N) is 1. The number of ether oxygens (including phenoxy) is 3. The number of methoxy groups -OCH3 is 2. The topological polar surface area (TPSA) is 126 Å². The number of nitrogens with two attached hydrogens (primary N) is 1. The molecule has 9 nitrogen and oxygen atoms in total. The molecular formula is C15H23N3O6. The minimum atomic E-state index is -0.648. The van der Waals surface area contributed by atoms with Crippen molar-refractivity contribution in [2.75, 3.05) is 34.0 Å². The summed E-state index contributed by atoms with van der Waals surface area (Å²) in [4.78, 5) is 22.9. The number of nitro benzene ring substituents is 1. The molecule has 0 saturated carbocycles. The molecule has 9 heteroatoms. The number of hydrogen-bond donors (Lipinski definition) is 2. The molecule has 0 radical (unpaired) electrons. The van der Waals surface area contributed by atoms with Gasteiger partial charge in [0.05, 0.1) is 24.7 Å². The summed E-state index contributed by atoms with van der Waals surface area (Å²) in [5.74, 6) is -0.229. The standard InChI is InChI=1S/C15H23N3O6/c1-15(2,16)9-17-14(19)10-7-12(23-4)13(24-6-5-22-3)8-11(10)18(20)21/h7-8H,5-6,9,16H2,1-4H3,(H,17,19). The minimum absolute atomic E-state index is 0.125. The van der Waals surface area contributed by atoms with E-state index in [-0.39, 0.29) is 35.9 Å². The van der Waals surface area contributed by atoms with Crippen molar-refractivity contribution in [3.8, 4) is 11.5 Å². The summed E-state index contributed by atoms with van der Waals surface area (Å²) in [6.07, 6.45) is 0. The van der Waals surface area contributed by atoms with Gasteiger partial charge < -0.3 is 25.3 Å². The zero-order valence-corrected chi connectivity index (χ0v) is 14.3.